The van der Waals surface area contributed by atoms with Crippen molar-refractivity contribution in [1.82, 2.24) is 30.9 Å². The van der Waals surface area contributed by atoms with Crippen molar-refractivity contribution in [2.45, 2.75) is 63.1 Å². The Bertz CT molecular complexity index is 1290. The van der Waals surface area contributed by atoms with Crippen LogP contribution in [0.15, 0.2) is 43.0 Å². The molecule has 3 aromatic rings. The van der Waals surface area contributed by atoms with Crippen LogP contribution in [-0.4, -0.2) is 90.3 Å². The van der Waals surface area contributed by atoms with Gasteiger partial charge in [-0.25, -0.2) is 9.78 Å². The first kappa shape index (κ1) is 29.3. The predicted molar refractivity (Wildman–Crippen MR) is 139 cm³/mol. The number of imidazole rings is 1. The van der Waals surface area contributed by atoms with Crippen LogP contribution in [0.5, 0.6) is 0 Å². The number of aromatic nitrogens is 3. The van der Waals surface area contributed by atoms with Crippen LogP contribution in [0.4, 0.5) is 0 Å². The Hall–Kier alpha value is -4.27. The van der Waals surface area contributed by atoms with E-state index in [0.29, 0.717) is 11.3 Å². The quantitative estimate of drug-likeness (QED) is 0.119. The van der Waals surface area contributed by atoms with Crippen LogP contribution in [0.25, 0.3) is 10.9 Å². The van der Waals surface area contributed by atoms with Crippen molar-refractivity contribution in [2.75, 3.05) is 0 Å². The molecule has 14 nitrogen and oxygen atoms in total. The summed E-state index contributed by atoms with van der Waals surface area (Å²) in [5, 5.41) is 37.6. The fourth-order valence-corrected chi connectivity index (χ4v) is 3.95. The largest absolute Gasteiger partial charge is 0.480 e. The molecule has 0 saturated carbocycles. The van der Waals surface area contributed by atoms with E-state index in [0.717, 1.165) is 10.9 Å². The molecule has 0 aliphatic carbocycles. The van der Waals surface area contributed by atoms with E-state index < -0.39 is 60.1 Å². The molecule has 39 heavy (non-hydrogen) atoms. The van der Waals surface area contributed by atoms with Gasteiger partial charge in [0.2, 0.25) is 17.7 Å². The number of carboxylic acids is 1. The molecule has 14 heteroatoms. The lowest BCUT2D eigenvalue weighted by Gasteiger charge is -2.26. The van der Waals surface area contributed by atoms with Crippen LogP contribution in [0.1, 0.15) is 25.1 Å². The van der Waals surface area contributed by atoms with Gasteiger partial charge in [-0.3, -0.25) is 14.4 Å². The van der Waals surface area contributed by atoms with Gasteiger partial charge in [0.25, 0.3) is 0 Å². The monoisotopic (exact) mass is 543 g/mol. The number of nitrogens with one attached hydrogen (secondary N) is 5. The number of hydrogen-bond acceptors (Lipinski definition) is 8. The highest BCUT2D eigenvalue weighted by atomic mass is 16.4. The first-order valence-corrected chi connectivity index (χ1v) is 12.3. The van der Waals surface area contributed by atoms with Crippen molar-refractivity contribution in [3.8, 4) is 0 Å². The number of carbonyl (C=O) groups excluding carboxylic acids is 3. The Morgan fingerprint density at radius 2 is 1.62 bits per heavy atom. The number of aliphatic carboxylic acids is 1. The summed E-state index contributed by atoms with van der Waals surface area (Å²) in [6.45, 7) is 2.58. The van der Waals surface area contributed by atoms with Gasteiger partial charge in [0.1, 0.15) is 24.2 Å². The van der Waals surface area contributed by atoms with Crippen molar-refractivity contribution < 1.29 is 34.5 Å². The second-order valence-electron chi connectivity index (χ2n) is 9.30. The van der Waals surface area contributed by atoms with E-state index in [1.54, 1.807) is 6.20 Å². The van der Waals surface area contributed by atoms with E-state index in [9.17, 15) is 34.5 Å². The van der Waals surface area contributed by atoms with E-state index >= 15 is 0 Å². The standard InChI is InChI=1S/C25H33N7O7/c1-12(33)20(26)23(36)30-18(7-14-9-28-17-6-4-3-5-16(14)17)22(35)32-21(13(2)34)24(37)31-19(25(38)39)8-15-10-27-11-29-15/h3-6,9-13,18-21,28,33-34H,7-8,26H2,1-2H3,(H,27,29)(H,30,36)(H,31,37)(H,32,35)(H,38,39)/t12-,13-,18+,19+,20+,21+/m1/s1. The summed E-state index contributed by atoms with van der Waals surface area (Å²) in [7, 11) is 0. The van der Waals surface area contributed by atoms with Crippen LogP contribution in [-0.2, 0) is 32.0 Å². The molecule has 0 spiro atoms. The van der Waals surface area contributed by atoms with Crippen molar-refractivity contribution in [3.05, 3.63) is 54.2 Å². The Morgan fingerprint density at radius 1 is 0.923 bits per heavy atom. The molecule has 10 N–H and O–H groups in total. The first-order chi connectivity index (χ1) is 18.5. The number of para-hydroxylation sites is 1. The van der Waals surface area contributed by atoms with E-state index in [2.05, 4.69) is 30.9 Å². The van der Waals surface area contributed by atoms with Crippen molar-refractivity contribution >= 4 is 34.6 Å². The number of aliphatic hydroxyl groups excluding tert-OH is 2. The maximum absolute atomic E-state index is 13.4. The molecule has 3 rings (SSSR count). The number of nitrogens with two attached hydrogens (primary N) is 1. The third kappa shape index (κ3) is 7.63. The van der Waals surface area contributed by atoms with Gasteiger partial charge in [0, 0.05) is 41.8 Å². The maximum atomic E-state index is 13.4. The zero-order valence-corrected chi connectivity index (χ0v) is 21.4. The smallest absolute Gasteiger partial charge is 0.326 e. The number of benzene rings is 1. The Labute approximate surface area is 223 Å². The van der Waals surface area contributed by atoms with Gasteiger partial charge >= 0.3 is 5.97 Å². The highest BCUT2D eigenvalue weighted by Crippen LogP contribution is 2.19. The fraction of sp³-hybridized carbons (Fsp3) is 0.400. The molecule has 0 aliphatic rings. The number of aliphatic hydroxyl groups is 2. The molecular weight excluding hydrogens is 510 g/mol. The highest BCUT2D eigenvalue weighted by molar-refractivity contribution is 5.95. The predicted octanol–water partition coefficient (Wildman–Crippen LogP) is -1.70. The zero-order valence-electron chi connectivity index (χ0n) is 21.4. The molecule has 0 saturated heterocycles. The maximum Gasteiger partial charge on any atom is 0.326 e. The molecule has 0 radical (unpaired) electrons. The fourth-order valence-electron chi connectivity index (χ4n) is 3.95. The second kappa shape index (κ2) is 13.0. The van der Waals surface area contributed by atoms with Gasteiger partial charge in [-0.2, -0.15) is 0 Å². The number of rotatable bonds is 13. The Balaban J connectivity index is 1.80. The van der Waals surface area contributed by atoms with Gasteiger partial charge in [-0.15, -0.1) is 0 Å². The summed E-state index contributed by atoms with van der Waals surface area (Å²) < 4.78 is 0. The molecular formula is C25H33N7O7. The summed E-state index contributed by atoms with van der Waals surface area (Å²) in [5.41, 5.74) is 7.68. The molecule has 1 aromatic carbocycles. The number of carboxylic acid groups (broad SMARTS) is 1. The van der Waals surface area contributed by atoms with Crippen LogP contribution in [0, 0.1) is 0 Å². The Kier molecular flexibility index (Phi) is 9.76. The molecule has 0 unspecified atom stereocenters. The zero-order chi connectivity index (χ0) is 28.7. The third-order valence-corrected chi connectivity index (χ3v) is 6.21. The van der Waals surface area contributed by atoms with Crippen molar-refractivity contribution in [3.63, 3.8) is 0 Å². The third-order valence-electron chi connectivity index (χ3n) is 6.21. The van der Waals surface area contributed by atoms with Gasteiger partial charge in [-0.1, -0.05) is 18.2 Å². The van der Waals surface area contributed by atoms with Crippen LogP contribution in [0.2, 0.25) is 0 Å². The van der Waals surface area contributed by atoms with Gasteiger partial charge in [0.05, 0.1) is 18.5 Å². The molecule has 0 fully saturated rings. The molecule has 210 valence electrons. The minimum atomic E-state index is -1.55. The number of amides is 3. The molecule has 2 heterocycles. The van der Waals surface area contributed by atoms with Gasteiger partial charge in [0.15, 0.2) is 0 Å². The summed E-state index contributed by atoms with van der Waals surface area (Å²) in [6.07, 6.45) is 1.71. The number of carbonyl (C=O) groups is 4. The summed E-state index contributed by atoms with van der Waals surface area (Å²) in [4.78, 5) is 60.3. The van der Waals surface area contributed by atoms with Crippen LogP contribution in [0.3, 0.4) is 0 Å². The average molecular weight is 544 g/mol. The van der Waals surface area contributed by atoms with Gasteiger partial charge < -0.3 is 47.0 Å². The van der Waals surface area contributed by atoms with E-state index in [1.165, 1.54) is 26.4 Å². The van der Waals surface area contributed by atoms with E-state index in [1.807, 2.05) is 24.3 Å². The summed E-state index contributed by atoms with van der Waals surface area (Å²) in [6, 6.07) is 1.82. The van der Waals surface area contributed by atoms with Crippen LogP contribution < -0.4 is 21.7 Å². The van der Waals surface area contributed by atoms with Crippen molar-refractivity contribution in [1.29, 1.82) is 0 Å². The topological polar surface area (TPSA) is 236 Å². The lowest BCUT2D eigenvalue weighted by Crippen LogP contribution is -2.61. The number of H-pyrrole nitrogens is 2. The summed E-state index contributed by atoms with van der Waals surface area (Å²) in [5.74, 6) is -3.89. The molecule has 0 bridgehead atoms. The van der Waals surface area contributed by atoms with E-state index in [4.69, 9.17) is 5.73 Å². The number of fused-ring (bicyclic) bond motifs is 1. The number of hydrogen-bond donors (Lipinski definition) is 9. The normalized spacial score (nSPS) is 15.9. The highest BCUT2D eigenvalue weighted by Gasteiger charge is 2.33. The summed E-state index contributed by atoms with van der Waals surface area (Å²) >= 11 is 0. The lowest BCUT2D eigenvalue weighted by atomic mass is 10.0. The second-order valence-corrected chi connectivity index (χ2v) is 9.30. The van der Waals surface area contributed by atoms with Crippen LogP contribution >= 0.6 is 0 Å². The van der Waals surface area contributed by atoms with Crippen molar-refractivity contribution in [2.24, 2.45) is 5.73 Å². The average Bonchev–Trinajstić information content (AvgIpc) is 3.55. The SMILES string of the molecule is C[C@@H](O)[C@H](N)C(=O)N[C@@H](Cc1c[nH]c2ccccc12)C(=O)N[C@H](C(=O)N[C@@H](Cc1cnc[nH]1)C(=O)O)[C@@H](C)O. The molecule has 0 aliphatic heterocycles. The molecule has 6 atom stereocenters. The minimum absolute atomic E-state index is 0.0140. The van der Waals surface area contributed by atoms with E-state index in [-0.39, 0.29) is 12.8 Å². The number of aromatic amines is 2. The first-order valence-electron chi connectivity index (χ1n) is 12.3. The molecule has 2 aromatic heterocycles. The van der Waals surface area contributed by atoms with Gasteiger partial charge in [-0.05, 0) is 25.5 Å². The number of nitrogens with zero attached hydrogens (tertiary/aromatic N) is 1. The molecule has 3 amide bonds. The Morgan fingerprint density at radius 3 is 2.23 bits per heavy atom. The lowest BCUT2D eigenvalue weighted by molar-refractivity contribution is -0.143. The minimum Gasteiger partial charge on any atom is -0.480 e.